The normalized spacial score (nSPS) is 24.8. The Labute approximate surface area is 282 Å². The molecular weight excluding hydrogens is 647 g/mol. The molecule has 2 fully saturated rings. The summed E-state index contributed by atoms with van der Waals surface area (Å²) in [6.07, 6.45) is 8.64. The lowest BCUT2D eigenvalue weighted by atomic mass is 9.93. The zero-order chi connectivity index (χ0) is 33.5. The number of hydrogen-bond donors (Lipinski definition) is 1. The van der Waals surface area contributed by atoms with Gasteiger partial charge in [-0.2, -0.15) is 5.10 Å². The standard InChI is InChI=1S/C33H48ClN4O8P/c1-5-6-7-8-9-10-13-19-40-20-14-21-41-47(39,46-26-16-12-11-15-24(26)34)42-22-27-29-30(45-32(2,3)44-29)33(4,43-27)28-18-17-25-31(35)36-23-37-38(25)28/h11-12,15-18,23,27,29-30H,5-10,13-14,19-22H2,1-4H3,(H2,35,36,37)/t27-,29-,30-,33+,47?/m1/s1. The summed E-state index contributed by atoms with van der Waals surface area (Å²) >= 11 is 6.33. The maximum absolute atomic E-state index is 14.1. The number of fused-ring (bicyclic) bond motifs is 2. The van der Waals surface area contributed by atoms with Gasteiger partial charge in [-0.15, -0.1) is 0 Å². The predicted molar refractivity (Wildman–Crippen MR) is 178 cm³/mol. The van der Waals surface area contributed by atoms with Crippen LogP contribution in [0, 0.1) is 0 Å². The summed E-state index contributed by atoms with van der Waals surface area (Å²) in [5.74, 6) is -0.379. The van der Waals surface area contributed by atoms with Crippen molar-refractivity contribution in [3.05, 3.63) is 53.4 Å². The fourth-order valence-corrected chi connectivity index (χ4v) is 7.58. The van der Waals surface area contributed by atoms with Crippen molar-refractivity contribution in [2.24, 2.45) is 0 Å². The van der Waals surface area contributed by atoms with Gasteiger partial charge in [-0.3, -0.25) is 9.05 Å². The predicted octanol–water partition coefficient (Wildman–Crippen LogP) is 7.48. The van der Waals surface area contributed by atoms with Crippen LogP contribution in [-0.2, 0) is 38.2 Å². The molecule has 0 spiro atoms. The number of nitrogens with zero attached hydrogens (tertiary/aromatic N) is 3. The van der Waals surface area contributed by atoms with Crippen molar-refractivity contribution in [3.63, 3.8) is 0 Å². The van der Waals surface area contributed by atoms with E-state index in [2.05, 4.69) is 17.0 Å². The van der Waals surface area contributed by atoms with Crippen LogP contribution < -0.4 is 10.3 Å². The van der Waals surface area contributed by atoms with Crippen LogP contribution in [0.3, 0.4) is 0 Å². The van der Waals surface area contributed by atoms with Gasteiger partial charge in [0.2, 0.25) is 0 Å². The Morgan fingerprint density at radius 2 is 1.68 bits per heavy atom. The van der Waals surface area contributed by atoms with E-state index < -0.39 is 37.5 Å². The van der Waals surface area contributed by atoms with E-state index in [4.69, 9.17) is 49.9 Å². The molecule has 3 aromatic rings. The minimum absolute atomic E-state index is 0.0952. The number of aromatic nitrogens is 3. The summed E-state index contributed by atoms with van der Waals surface area (Å²) in [7, 11) is -4.18. The molecule has 0 aliphatic carbocycles. The number of para-hydroxylation sites is 1. The lowest BCUT2D eigenvalue weighted by Gasteiger charge is -2.31. The molecule has 5 atom stereocenters. The van der Waals surface area contributed by atoms with Gasteiger partial charge in [0.05, 0.1) is 23.9 Å². The third-order valence-electron chi connectivity index (χ3n) is 8.44. The molecule has 2 saturated heterocycles. The largest absolute Gasteiger partial charge is 0.530 e. The number of anilines is 1. The summed E-state index contributed by atoms with van der Waals surface area (Å²) in [5.41, 5.74) is 6.41. The van der Waals surface area contributed by atoms with Gasteiger partial charge in [0.15, 0.2) is 11.6 Å². The number of hydrogen-bond acceptors (Lipinski definition) is 11. The molecule has 1 aromatic carbocycles. The molecular formula is C33H48ClN4O8P. The molecule has 2 aliphatic rings. The van der Waals surface area contributed by atoms with Crippen molar-refractivity contribution < 1.29 is 37.1 Å². The first-order valence-electron chi connectivity index (χ1n) is 16.6. The van der Waals surface area contributed by atoms with E-state index >= 15 is 0 Å². The van der Waals surface area contributed by atoms with Gasteiger partial charge in [-0.1, -0.05) is 69.2 Å². The van der Waals surface area contributed by atoms with Crippen molar-refractivity contribution in [3.8, 4) is 5.75 Å². The van der Waals surface area contributed by atoms with E-state index in [1.54, 1.807) is 28.8 Å². The minimum Gasteiger partial charge on any atom is -0.402 e. The topological polar surface area (TPSA) is 138 Å². The third kappa shape index (κ3) is 8.85. The van der Waals surface area contributed by atoms with Crippen LogP contribution in [0.4, 0.5) is 5.82 Å². The summed E-state index contributed by atoms with van der Waals surface area (Å²) in [4.78, 5) is 4.09. The maximum atomic E-state index is 14.1. The zero-order valence-electron chi connectivity index (χ0n) is 27.8. The highest BCUT2D eigenvalue weighted by atomic mass is 35.5. The highest BCUT2D eigenvalue weighted by Crippen LogP contribution is 2.54. The van der Waals surface area contributed by atoms with Gasteiger partial charge < -0.3 is 29.2 Å². The molecule has 0 saturated carbocycles. The van der Waals surface area contributed by atoms with E-state index in [0.717, 1.165) is 12.8 Å². The van der Waals surface area contributed by atoms with Crippen LogP contribution in [0.1, 0.15) is 84.8 Å². The molecule has 0 radical (unpaired) electrons. The van der Waals surface area contributed by atoms with Gasteiger partial charge in [-0.05, 0) is 57.9 Å². The van der Waals surface area contributed by atoms with E-state index in [0.29, 0.717) is 36.7 Å². The van der Waals surface area contributed by atoms with Crippen LogP contribution >= 0.6 is 19.4 Å². The second-order valence-corrected chi connectivity index (χ2v) is 14.6. The van der Waals surface area contributed by atoms with Gasteiger partial charge in [0, 0.05) is 13.2 Å². The Morgan fingerprint density at radius 1 is 0.936 bits per heavy atom. The molecule has 0 amide bonds. The Morgan fingerprint density at radius 3 is 2.47 bits per heavy atom. The van der Waals surface area contributed by atoms with Crippen molar-refractivity contribution in [2.45, 2.75) is 109 Å². The molecule has 5 rings (SSSR count). The highest BCUT2D eigenvalue weighted by Gasteiger charge is 2.62. The number of nitrogens with two attached hydrogens (primary N) is 1. The van der Waals surface area contributed by atoms with Crippen molar-refractivity contribution in [2.75, 3.05) is 32.2 Å². The first kappa shape index (κ1) is 36.0. The SMILES string of the molecule is CCCCCCCCCOCCCOP(=O)(OC[C@H]1O[C@@](C)(c2ccc3c(N)ncnn23)[C@@H]2OC(C)(C)O[C@@H]21)Oc1ccccc1Cl. The quantitative estimate of drug-likeness (QED) is 0.0987. The fourth-order valence-electron chi connectivity index (χ4n) is 6.09. The number of benzene rings is 1. The zero-order valence-corrected chi connectivity index (χ0v) is 29.4. The molecule has 12 nitrogen and oxygen atoms in total. The Kier molecular flexibility index (Phi) is 12.2. The number of ether oxygens (including phenoxy) is 4. The number of phosphoric acid groups is 1. The van der Waals surface area contributed by atoms with E-state index in [-0.39, 0.29) is 24.0 Å². The molecule has 14 heteroatoms. The van der Waals surface area contributed by atoms with Gasteiger partial charge >= 0.3 is 7.82 Å². The summed E-state index contributed by atoms with van der Waals surface area (Å²) in [6, 6.07) is 10.4. The van der Waals surface area contributed by atoms with Crippen molar-refractivity contribution in [1.82, 2.24) is 14.6 Å². The summed E-state index contributed by atoms with van der Waals surface area (Å²) < 4.78 is 58.4. The number of unbranched alkanes of at least 4 members (excludes halogenated alkanes) is 6. The van der Waals surface area contributed by atoms with Crippen molar-refractivity contribution in [1.29, 1.82) is 0 Å². The second-order valence-electron chi connectivity index (χ2n) is 12.6. The Balaban J connectivity index is 1.22. The van der Waals surface area contributed by atoms with Crippen LogP contribution in [0.25, 0.3) is 5.52 Å². The van der Waals surface area contributed by atoms with E-state index in [1.165, 1.54) is 38.4 Å². The molecule has 47 heavy (non-hydrogen) atoms. The molecule has 1 unspecified atom stereocenters. The Hall–Kier alpha value is -2.28. The average molecular weight is 695 g/mol. The van der Waals surface area contributed by atoms with Gasteiger partial charge in [-0.25, -0.2) is 14.1 Å². The van der Waals surface area contributed by atoms with E-state index in [1.807, 2.05) is 32.9 Å². The molecule has 2 aromatic heterocycles. The molecule has 2 aliphatic heterocycles. The molecule has 2 N–H and O–H groups in total. The van der Waals surface area contributed by atoms with Crippen LogP contribution in [0.5, 0.6) is 5.75 Å². The smallest absolute Gasteiger partial charge is 0.402 e. The molecule has 0 bridgehead atoms. The monoisotopic (exact) mass is 694 g/mol. The molecule has 4 heterocycles. The number of rotatable bonds is 19. The number of phosphoric ester groups is 1. The first-order chi connectivity index (χ1) is 22.6. The van der Waals surface area contributed by atoms with Crippen molar-refractivity contribution >= 4 is 30.8 Å². The van der Waals surface area contributed by atoms with Crippen LogP contribution in [-0.4, -0.2) is 65.1 Å². The first-order valence-corrected chi connectivity index (χ1v) is 18.4. The Bertz CT molecular complexity index is 1510. The van der Waals surface area contributed by atoms with E-state index in [9.17, 15) is 4.57 Å². The number of halogens is 1. The maximum Gasteiger partial charge on any atom is 0.530 e. The second kappa shape index (κ2) is 16.0. The van der Waals surface area contributed by atoms with Crippen LogP contribution in [0.2, 0.25) is 5.02 Å². The molecule has 260 valence electrons. The number of nitrogen functional groups attached to an aromatic ring is 1. The summed E-state index contributed by atoms with van der Waals surface area (Å²) in [5, 5.41) is 4.68. The minimum atomic E-state index is -4.18. The lowest BCUT2D eigenvalue weighted by Crippen LogP contribution is -2.39. The fraction of sp³-hybridized carbons (Fsp3) is 0.636. The third-order valence-corrected chi connectivity index (χ3v) is 10.1. The average Bonchev–Trinajstić information content (AvgIpc) is 3.70. The van der Waals surface area contributed by atoms with Crippen LogP contribution in [0.15, 0.2) is 42.7 Å². The van der Waals surface area contributed by atoms with Gasteiger partial charge in [0.25, 0.3) is 0 Å². The van der Waals surface area contributed by atoms with Gasteiger partial charge in [0.1, 0.15) is 41.5 Å². The lowest BCUT2D eigenvalue weighted by molar-refractivity contribution is -0.212. The summed E-state index contributed by atoms with van der Waals surface area (Å²) in [6.45, 7) is 8.88. The highest BCUT2D eigenvalue weighted by molar-refractivity contribution is 7.48.